The number of hydrogen-bond acceptors (Lipinski definition) is 4. The summed E-state index contributed by atoms with van der Waals surface area (Å²) in [5, 5.41) is 21.1. The van der Waals surface area contributed by atoms with Gasteiger partial charge in [0.05, 0.1) is 0 Å². The number of nitrogens with one attached hydrogen (secondary N) is 1. The van der Waals surface area contributed by atoms with Crippen LogP contribution < -0.4 is 4.90 Å². The van der Waals surface area contributed by atoms with Crippen LogP contribution in [0.3, 0.4) is 0 Å². The highest BCUT2D eigenvalue weighted by Crippen LogP contribution is 2.51. The molecule has 37 heavy (non-hydrogen) atoms. The van der Waals surface area contributed by atoms with Gasteiger partial charge in [-0.2, -0.15) is 0 Å². The molecule has 2 N–H and O–H groups in total. The van der Waals surface area contributed by atoms with E-state index in [1.54, 1.807) is 40.9 Å². The maximum absolute atomic E-state index is 13.9. The molecule has 2 aliphatic rings. The molecule has 0 saturated carbocycles. The Kier molecular flexibility index (Phi) is 6.54. The van der Waals surface area contributed by atoms with Crippen LogP contribution >= 0.6 is 11.8 Å². The average Bonchev–Trinajstić information content (AvgIpc) is 2.88. The van der Waals surface area contributed by atoms with Gasteiger partial charge < -0.3 is 5.11 Å². The first kappa shape index (κ1) is 25.0. The molecule has 0 bridgehead atoms. The van der Waals surface area contributed by atoms with Gasteiger partial charge in [-0.1, -0.05) is 56.3 Å². The smallest absolute Gasteiger partial charge is 0.162 e. The Morgan fingerprint density at radius 3 is 2.27 bits per heavy atom. The number of Topliss-reactive ketones (excluding diaryl/α,β-unsaturated/α-hetero) is 1. The lowest BCUT2D eigenvalue weighted by atomic mass is 9.67. The number of aliphatic hydroxyl groups is 1. The van der Waals surface area contributed by atoms with Crippen LogP contribution in [0.15, 0.2) is 101 Å². The van der Waals surface area contributed by atoms with Gasteiger partial charge in [0.15, 0.2) is 5.78 Å². The van der Waals surface area contributed by atoms with E-state index in [0.717, 1.165) is 16.2 Å². The third-order valence-corrected chi connectivity index (χ3v) is 7.80. The van der Waals surface area contributed by atoms with Crippen LogP contribution in [0, 0.1) is 16.6 Å². The molecule has 0 amide bonds. The number of hydrogen-bond donors (Lipinski definition) is 2. The van der Waals surface area contributed by atoms with Crippen LogP contribution in [-0.2, 0) is 4.79 Å². The Morgan fingerprint density at radius 2 is 1.65 bits per heavy atom. The minimum absolute atomic E-state index is 0.00293. The molecule has 0 aromatic heterocycles. The second-order valence-corrected chi connectivity index (χ2v) is 11.2. The fourth-order valence-electron chi connectivity index (χ4n) is 5.37. The van der Waals surface area contributed by atoms with E-state index in [4.69, 9.17) is 0 Å². The van der Waals surface area contributed by atoms with Crippen LogP contribution in [0.5, 0.6) is 0 Å². The molecule has 0 saturated heterocycles. The van der Waals surface area contributed by atoms with Gasteiger partial charge in [0.25, 0.3) is 0 Å². The molecule has 6 heteroatoms. The Labute approximate surface area is 221 Å². The second-order valence-electron chi connectivity index (χ2n) is 10.3. The highest BCUT2D eigenvalue weighted by Gasteiger charge is 2.46. The lowest BCUT2D eigenvalue weighted by molar-refractivity contribution is -0.118. The van der Waals surface area contributed by atoms with Gasteiger partial charge in [0, 0.05) is 45.3 Å². The van der Waals surface area contributed by atoms with E-state index in [1.807, 2.05) is 48.7 Å². The van der Waals surface area contributed by atoms with Crippen molar-refractivity contribution in [3.8, 4) is 0 Å². The predicted octanol–water partition coefficient (Wildman–Crippen LogP) is 7.74. The average molecular weight is 513 g/mol. The normalized spacial score (nSPS) is 20.6. The number of thioether (sulfide) groups is 1. The number of nitrogens with zero attached hydrogens (tertiary/aromatic N) is 1. The van der Waals surface area contributed by atoms with Crippen molar-refractivity contribution in [2.24, 2.45) is 5.41 Å². The molecule has 1 heterocycles. The zero-order valence-electron chi connectivity index (χ0n) is 21.1. The number of rotatable bonds is 4. The third kappa shape index (κ3) is 4.62. The standard InChI is InChI=1S/C31H29FN2O2S/c1-31(2)17-24-27(25(35)18-31)26(19-9-15-23(37-3)16-10-19)28(29(36)20-7-5-4-6-8-20)30(33)34(24)22-13-11-21(32)12-14-22/h4-16,26,33,36H,17-18H2,1-3H3/b29-28+,33-30?. The number of carbonyl (C=O) groups excluding carboxylic acids is 1. The van der Waals surface area contributed by atoms with Gasteiger partial charge >= 0.3 is 0 Å². The zero-order chi connectivity index (χ0) is 26.3. The minimum atomic E-state index is -0.598. The van der Waals surface area contributed by atoms with Crippen molar-refractivity contribution in [2.75, 3.05) is 11.2 Å². The van der Waals surface area contributed by atoms with E-state index in [1.165, 1.54) is 12.1 Å². The van der Waals surface area contributed by atoms with E-state index >= 15 is 0 Å². The van der Waals surface area contributed by atoms with Gasteiger partial charge in [0.2, 0.25) is 0 Å². The largest absolute Gasteiger partial charge is 0.507 e. The Hall–Kier alpha value is -3.64. The molecule has 3 aromatic rings. The Morgan fingerprint density at radius 1 is 1.00 bits per heavy atom. The molecule has 1 aliphatic heterocycles. The van der Waals surface area contributed by atoms with Crippen LogP contribution in [0.2, 0.25) is 0 Å². The predicted molar refractivity (Wildman–Crippen MR) is 149 cm³/mol. The lowest BCUT2D eigenvalue weighted by Gasteiger charge is -2.45. The number of aliphatic hydroxyl groups excluding tert-OH is 1. The van der Waals surface area contributed by atoms with E-state index in [2.05, 4.69) is 13.8 Å². The van der Waals surface area contributed by atoms with Crippen molar-refractivity contribution in [3.63, 3.8) is 0 Å². The molecule has 5 rings (SSSR count). The molecule has 1 aliphatic carbocycles. The summed E-state index contributed by atoms with van der Waals surface area (Å²) in [6, 6.07) is 23.0. The quantitative estimate of drug-likeness (QED) is 0.277. The summed E-state index contributed by atoms with van der Waals surface area (Å²) in [5.74, 6) is -0.935. The van der Waals surface area contributed by atoms with Crippen molar-refractivity contribution in [1.82, 2.24) is 0 Å². The van der Waals surface area contributed by atoms with Crippen LogP contribution in [-0.4, -0.2) is 23.0 Å². The summed E-state index contributed by atoms with van der Waals surface area (Å²) >= 11 is 1.63. The number of ketones is 1. The van der Waals surface area contributed by atoms with Gasteiger partial charge in [-0.05, 0) is 60.1 Å². The van der Waals surface area contributed by atoms with Crippen molar-refractivity contribution in [3.05, 3.63) is 113 Å². The van der Waals surface area contributed by atoms with Gasteiger partial charge in [-0.25, -0.2) is 4.39 Å². The Bertz CT molecular complexity index is 1420. The van der Waals surface area contributed by atoms with E-state index < -0.39 is 5.92 Å². The number of anilines is 1. The first-order chi connectivity index (χ1) is 17.7. The van der Waals surface area contributed by atoms with Crippen LogP contribution in [0.25, 0.3) is 5.76 Å². The highest BCUT2D eigenvalue weighted by molar-refractivity contribution is 7.98. The first-order valence-electron chi connectivity index (χ1n) is 12.2. The summed E-state index contributed by atoms with van der Waals surface area (Å²) in [6.45, 7) is 4.10. The maximum Gasteiger partial charge on any atom is 0.162 e. The monoisotopic (exact) mass is 512 g/mol. The van der Waals surface area contributed by atoms with Crippen molar-refractivity contribution in [1.29, 1.82) is 5.41 Å². The molecular formula is C31H29FN2O2S. The lowest BCUT2D eigenvalue weighted by Crippen LogP contribution is -2.45. The number of allylic oxidation sites excluding steroid dienone is 2. The van der Waals surface area contributed by atoms with Gasteiger partial charge in [-0.3, -0.25) is 15.1 Å². The Balaban J connectivity index is 1.83. The molecule has 0 radical (unpaired) electrons. The number of halogens is 1. The van der Waals surface area contributed by atoms with Crippen molar-refractivity contribution < 1.29 is 14.3 Å². The molecule has 3 aromatic carbocycles. The summed E-state index contributed by atoms with van der Waals surface area (Å²) < 4.78 is 13.9. The summed E-state index contributed by atoms with van der Waals surface area (Å²) in [7, 11) is 0. The third-order valence-electron chi connectivity index (χ3n) is 7.06. The van der Waals surface area contributed by atoms with Crippen LogP contribution in [0.4, 0.5) is 10.1 Å². The first-order valence-corrected chi connectivity index (χ1v) is 13.5. The SMILES string of the molecule is CSc1ccc(C2C3=C(CC(C)(C)CC3=O)N(c3ccc(F)cc3)C(=N)/C2=C(/O)c2ccccc2)cc1. The molecule has 1 unspecified atom stereocenters. The number of benzene rings is 3. The fraction of sp³-hybridized carbons (Fsp3) is 0.226. The molecular weight excluding hydrogens is 483 g/mol. The van der Waals surface area contributed by atoms with Gasteiger partial charge in [-0.15, -0.1) is 11.8 Å². The van der Waals surface area contributed by atoms with Crippen LogP contribution in [0.1, 0.15) is 43.7 Å². The summed E-state index contributed by atoms with van der Waals surface area (Å²) in [6.07, 6.45) is 2.95. The summed E-state index contributed by atoms with van der Waals surface area (Å²) in [5.41, 5.74) is 3.39. The van der Waals surface area contributed by atoms with Crippen molar-refractivity contribution >= 4 is 34.8 Å². The topological polar surface area (TPSA) is 64.4 Å². The zero-order valence-corrected chi connectivity index (χ0v) is 21.9. The fourth-order valence-corrected chi connectivity index (χ4v) is 5.78. The van der Waals surface area contributed by atoms with E-state index in [-0.39, 0.29) is 28.6 Å². The molecule has 1 atom stereocenters. The van der Waals surface area contributed by atoms with Crippen molar-refractivity contribution in [2.45, 2.75) is 37.5 Å². The second kappa shape index (κ2) is 9.67. The van der Waals surface area contributed by atoms with Gasteiger partial charge in [0.1, 0.15) is 17.4 Å². The molecule has 4 nitrogen and oxygen atoms in total. The summed E-state index contributed by atoms with van der Waals surface area (Å²) in [4.78, 5) is 16.7. The molecule has 0 spiro atoms. The number of carbonyl (C=O) groups is 1. The highest BCUT2D eigenvalue weighted by atomic mass is 32.2. The minimum Gasteiger partial charge on any atom is -0.507 e. The van der Waals surface area contributed by atoms with E-state index in [0.29, 0.717) is 35.2 Å². The number of amidine groups is 1. The molecule has 0 fully saturated rings. The van der Waals surface area contributed by atoms with E-state index in [9.17, 15) is 19.7 Å². The maximum atomic E-state index is 13.9. The molecule has 188 valence electrons.